The number of nitrogens with two attached hydrogens (primary N) is 1. The minimum atomic E-state index is -4.20. The van der Waals surface area contributed by atoms with Gasteiger partial charge in [-0.25, -0.2) is 17.2 Å². The number of hydrogen-bond donors (Lipinski definition) is 4. The third-order valence-electron chi connectivity index (χ3n) is 8.98. The number of carbonyl (C=O) groups is 1. The number of nitrogens with zero attached hydrogens (tertiary/aromatic N) is 1. The van der Waals surface area contributed by atoms with Crippen molar-refractivity contribution in [2.45, 2.75) is 94.5 Å². The van der Waals surface area contributed by atoms with Crippen LogP contribution in [0.15, 0.2) is 77.7 Å². The SMILES string of the molecule is CC(C)CCN([C@@](CCC[C@H](C)O)(N[C@H](C(N)=O)C(c1ccc(F)cc1)c1ccc(F)cc1)C1CC1)S(=O)(=O)c1ccc(CO)cc1. The van der Waals surface area contributed by atoms with Gasteiger partial charge in [-0.15, -0.1) is 0 Å². The first-order valence-corrected chi connectivity index (χ1v) is 17.7. The van der Waals surface area contributed by atoms with Crippen molar-refractivity contribution in [2.75, 3.05) is 6.54 Å². The van der Waals surface area contributed by atoms with Crippen LogP contribution in [-0.2, 0) is 21.4 Å². The summed E-state index contributed by atoms with van der Waals surface area (Å²) in [5, 5.41) is 23.3. The van der Waals surface area contributed by atoms with Crippen molar-refractivity contribution < 1.29 is 32.2 Å². The van der Waals surface area contributed by atoms with Gasteiger partial charge in [-0.2, -0.15) is 4.31 Å². The number of halogens is 2. The van der Waals surface area contributed by atoms with Crippen molar-refractivity contribution in [3.8, 4) is 0 Å². The molecule has 0 heterocycles. The number of benzene rings is 3. The molecule has 1 aliphatic carbocycles. The smallest absolute Gasteiger partial charge is 0.244 e. The lowest BCUT2D eigenvalue weighted by molar-refractivity contribution is -0.121. The van der Waals surface area contributed by atoms with Gasteiger partial charge in [0.25, 0.3) is 0 Å². The van der Waals surface area contributed by atoms with E-state index in [9.17, 15) is 32.2 Å². The summed E-state index contributed by atoms with van der Waals surface area (Å²) in [6, 6.07) is 16.2. The zero-order valence-corrected chi connectivity index (χ0v) is 28.1. The fraction of sp³-hybridized carbons (Fsp3) is 0.472. The third kappa shape index (κ3) is 9.03. The molecule has 1 fully saturated rings. The maximum Gasteiger partial charge on any atom is 0.244 e. The van der Waals surface area contributed by atoms with Crippen molar-refractivity contribution in [2.24, 2.45) is 17.6 Å². The average molecular weight is 672 g/mol. The molecule has 47 heavy (non-hydrogen) atoms. The number of sulfonamides is 1. The first-order valence-electron chi connectivity index (χ1n) is 16.3. The van der Waals surface area contributed by atoms with Gasteiger partial charge in [-0.3, -0.25) is 10.1 Å². The fourth-order valence-electron chi connectivity index (χ4n) is 6.33. The number of hydrogen-bond acceptors (Lipinski definition) is 6. The third-order valence-corrected chi connectivity index (χ3v) is 10.9. The Morgan fingerprint density at radius 1 is 0.936 bits per heavy atom. The van der Waals surface area contributed by atoms with E-state index in [0.29, 0.717) is 48.8 Å². The van der Waals surface area contributed by atoms with E-state index in [1.165, 1.54) is 40.7 Å². The van der Waals surface area contributed by atoms with Gasteiger partial charge in [0, 0.05) is 12.5 Å². The van der Waals surface area contributed by atoms with E-state index >= 15 is 0 Å². The summed E-state index contributed by atoms with van der Waals surface area (Å²) in [6.45, 7) is 5.59. The molecule has 0 bridgehead atoms. The molecule has 0 radical (unpaired) electrons. The number of aliphatic hydroxyl groups is 2. The van der Waals surface area contributed by atoms with Crippen LogP contribution in [0.3, 0.4) is 0 Å². The molecule has 3 aromatic carbocycles. The summed E-state index contributed by atoms with van der Waals surface area (Å²) in [5.74, 6) is -2.55. The highest BCUT2D eigenvalue weighted by molar-refractivity contribution is 7.89. The van der Waals surface area contributed by atoms with Crippen LogP contribution in [0, 0.1) is 23.5 Å². The van der Waals surface area contributed by atoms with Crippen LogP contribution in [0.4, 0.5) is 8.78 Å². The van der Waals surface area contributed by atoms with Crippen LogP contribution < -0.4 is 11.1 Å². The van der Waals surface area contributed by atoms with Crippen LogP contribution in [0.2, 0.25) is 0 Å². The minimum Gasteiger partial charge on any atom is -0.393 e. The van der Waals surface area contributed by atoms with Crippen molar-refractivity contribution >= 4 is 15.9 Å². The van der Waals surface area contributed by atoms with Gasteiger partial charge in [0.05, 0.1) is 29.3 Å². The van der Waals surface area contributed by atoms with E-state index in [-0.39, 0.29) is 36.3 Å². The molecule has 0 spiro atoms. The molecule has 1 saturated carbocycles. The molecular formula is C36H47F2N3O5S. The van der Waals surface area contributed by atoms with Gasteiger partial charge in [-0.05, 0) is 110 Å². The monoisotopic (exact) mass is 671 g/mol. The normalized spacial score (nSPS) is 16.4. The highest BCUT2D eigenvalue weighted by atomic mass is 32.2. The Balaban J connectivity index is 1.93. The maximum atomic E-state index is 14.7. The number of amides is 1. The number of rotatable bonds is 18. The molecular weight excluding hydrogens is 624 g/mol. The second-order valence-electron chi connectivity index (χ2n) is 13.1. The summed E-state index contributed by atoms with van der Waals surface area (Å²) in [5.41, 5.74) is 6.52. The predicted octanol–water partition coefficient (Wildman–Crippen LogP) is 5.43. The molecule has 3 aromatic rings. The Morgan fingerprint density at radius 2 is 1.47 bits per heavy atom. The fourth-order valence-corrected chi connectivity index (χ4v) is 8.13. The van der Waals surface area contributed by atoms with Crippen molar-refractivity contribution in [3.63, 3.8) is 0 Å². The first kappa shape index (κ1) is 36.6. The van der Waals surface area contributed by atoms with E-state index in [2.05, 4.69) is 5.32 Å². The summed E-state index contributed by atoms with van der Waals surface area (Å²) >= 11 is 0. The Kier molecular flexibility index (Phi) is 12.3. The first-order chi connectivity index (χ1) is 22.3. The molecule has 256 valence electrons. The molecule has 0 unspecified atom stereocenters. The van der Waals surface area contributed by atoms with Crippen LogP contribution in [-0.4, -0.2) is 53.2 Å². The van der Waals surface area contributed by atoms with E-state index < -0.39 is 51.3 Å². The van der Waals surface area contributed by atoms with Gasteiger partial charge < -0.3 is 15.9 Å². The molecule has 5 N–H and O–H groups in total. The lowest BCUT2D eigenvalue weighted by Gasteiger charge is -2.47. The number of carbonyl (C=O) groups excluding carboxylic acids is 1. The van der Waals surface area contributed by atoms with Gasteiger partial charge in [0.2, 0.25) is 15.9 Å². The summed E-state index contributed by atoms with van der Waals surface area (Å²) in [6.07, 6.45) is 2.42. The van der Waals surface area contributed by atoms with Gasteiger partial charge in [-0.1, -0.05) is 50.2 Å². The summed E-state index contributed by atoms with van der Waals surface area (Å²) < 4.78 is 59.1. The molecule has 1 aliphatic rings. The average Bonchev–Trinajstić information content (AvgIpc) is 3.88. The molecule has 0 aliphatic heterocycles. The number of aliphatic hydroxyl groups excluding tert-OH is 2. The zero-order valence-electron chi connectivity index (χ0n) is 27.3. The molecule has 0 aromatic heterocycles. The van der Waals surface area contributed by atoms with E-state index in [1.807, 2.05) is 13.8 Å². The number of nitrogens with one attached hydrogen (secondary N) is 1. The molecule has 8 nitrogen and oxygen atoms in total. The van der Waals surface area contributed by atoms with Gasteiger partial charge in [0.1, 0.15) is 11.6 Å². The largest absolute Gasteiger partial charge is 0.393 e. The quantitative estimate of drug-likeness (QED) is 0.134. The molecule has 4 rings (SSSR count). The van der Waals surface area contributed by atoms with Crippen LogP contribution in [0.1, 0.15) is 81.9 Å². The van der Waals surface area contributed by atoms with Crippen LogP contribution >= 0.6 is 0 Å². The molecule has 11 heteroatoms. The standard InChI is InChI=1S/C36H47F2N3O5S/c1-24(2)20-22-41(47(45,46)32-18-6-26(23-42)7-19-32)36(29-12-13-29,21-4-5-25(3)43)40-34(35(39)44)33(27-8-14-30(37)15-9-27)28-10-16-31(38)17-11-28/h6-11,14-19,24-25,29,33-34,40,42-43H,4-5,12-13,20-23H2,1-3H3,(H2,39,44)/t25-,34-,36+/m0/s1. The van der Waals surface area contributed by atoms with E-state index in [1.54, 1.807) is 43.3 Å². The van der Waals surface area contributed by atoms with E-state index in [4.69, 9.17) is 5.73 Å². The summed E-state index contributed by atoms with van der Waals surface area (Å²) in [4.78, 5) is 13.6. The van der Waals surface area contributed by atoms with Crippen molar-refractivity contribution in [3.05, 3.63) is 101 Å². The topological polar surface area (TPSA) is 133 Å². The Hall–Kier alpha value is -3.22. The Labute approximate surface area is 277 Å². The van der Waals surface area contributed by atoms with E-state index in [0.717, 1.165) is 0 Å². The van der Waals surface area contributed by atoms with Gasteiger partial charge >= 0.3 is 0 Å². The Morgan fingerprint density at radius 3 is 1.89 bits per heavy atom. The molecule has 1 amide bonds. The highest BCUT2D eigenvalue weighted by Crippen LogP contribution is 2.48. The van der Waals surface area contributed by atoms with Crippen molar-refractivity contribution in [1.82, 2.24) is 9.62 Å². The Bertz CT molecular complexity index is 1520. The minimum absolute atomic E-state index is 0.0463. The second-order valence-corrected chi connectivity index (χ2v) is 15.0. The lowest BCUT2D eigenvalue weighted by atomic mass is 9.82. The second kappa shape index (κ2) is 15.8. The molecule has 0 saturated heterocycles. The highest BCUT2D eigenvalue weighted by Gasteiger charge is 2.55. The zero-order chi connectivity index (χ0) is 34.4. The van der Waals surface area contributed by atoms with Gasteiger partial charge in [0.15, 0.2) is 0 Å². The molecule has 3 atom stereocenters. The maximum absolute atomic E-state index is 14.7. The van der Waals surface area contributed by atoms with Crippen LogP contribution in [0.25, 0.3) is 0 Å². The predicted molar refractivity (Wildman–Crippen MR) is 177 cm³/mol. The van der Waals surface area contributed by atoms with Crippen LogP contribution in [0.5, 0.6) is 0 Å². The lowest BCUT2D eigenvalue weighted by Crippen LogP contribution is -2.67. The number of primary amides is 1. The van der Waals surface area contributed by atoms with Crippen molar-refractivity contribution in [1.29, 1.82) is 0 Å². The summed E-state index contributed by atoms with van der Waals surface area (Å²) in [7, 11) is -4.20.